The van der Waals surface area contributed by atoms with Crippen molar-refractivity contribution in [1.29, 1.82) is 5.26 Å². The third-order valence-corrected chi connectivity index (χ3v) is 4.87. The van der Waals surface area contributed by atoms with Gasteiger partial charge in [0, 0.05) is 12.7 Å². The number of amides is 1. The molecule has 3 aromatic rings. The number of ether oxygens (including phenoxy) is 2. The van der Waals surface area contributed by atoms with Crippen molar-refractivity contribution >= 4 is 22.6 Å². The van der Waals surface area contributed by atoms with Crippen molar-refractivity contribution < 1.29 is 14.3 Å². The summed E-state index contributed by atoms with van der Waals surface area (Å²) in [4.78, 5) is 29.9. The molecule has 0 unspecified atom stereocenters. The van der Waals surface area contributed by atoms with Gasteiger partial charge >= 0.3 is 0 Å². The number of aromatic nitrogens is 2. The van der Waals surface area contributed by atoms with Gasteiger partial charge in [-0.15, -0.1) is 0 Å². The van der Waals surface area contributed by atoms with E-state index in [1.807, 2.05) is 13.0 Å². The van der Waals surface area contributed by atoms with Gasteiger partial charge in [-0.05, 0) is 44.0 Å². The van der Waals surface area contributed by atoms with E-state index in [1.165, 1.54) is 17.7 Å². The molecule has 1 aromatic carbocycles. The highest BCUT2D eigenvalue weighted by molar-refractivity contribution is 6.08. The van der Waals surface area contributed by atoms with Crippen LogP contribution in [-0.2, 0) is 4.74 Å². The van der Waals surface area contributed by atoms with E-state index >= 15 is 0 Å². The van der Waals surface area contributed by atoms with Gasteiger partial charge in [0.2, 0.25) is 0 Å². The second-order valence-electron chi connectivity index (χ2n) is 6.83. The summed E-state index contributed by atoms with van der Waals surface area (Å²) in [5.74, 6) is -0.512. The number of rotatable bonds is 5. The first kappa shape index (κ1) is 20.8. The molecule has 0 aliphatic rings. The van der Waals surface area contributed by atoms with Gasteiger partial charge < -0.3 is 20.9 Å². The molecular formula is C21H21N5O4. The van der Waals surface area contributed by atoms with Crippen molar-refractivity contribution in [2.24, 2.45) is 5.73 Å². The number of fused-ring (bicyclic) bond motifs is 1. The average Bonchev–Trinajstić information content (AvgIpc) is 2.69. The number of nitrogens with zero attached hydrogens (tertiary/aromatic N) is 3. The standard InChI is InChI=1S/C21H21N5O4/c1-10-5-6-15(30-9-29-4)12(3)18(10)26-19(23)16(20(24)27)17-13(21(26)28)7-11(2)14(8-22)25-17/h5-7H,9,23H2,1-4H3,(H2,24,27). The minimum atomic E-state index is -0.853. The van der Waals surface area contributed by atoms with Gasteiger partial charge in [0.15, 0.2) is 6.79 Å². The molecule has 30 heavy (non-hydrogen) atoms. The van der Waals surface area contributed by atoms with Crippen molar-refractivity contribution in [1.82, 2.24) is 9.55 Å². The van der Waals surface area contributed by atoms with E-state index in [-0.39, 0.29) is 34.8 Å². The molecule has 0 aliphatic carbocycles. The number of hydrogen-bond donors (Lipinski definition) is 2. The van der Waals surface area contributed by atoms with Gasteiger partial charge in [-0.25, -0.2) is 4.98 Å². The van der Waals surface area contributed by atoms with Gasteiger partial charge in [-0.1, -0.05) is 6.07 Å². The topological polar surface area (TPSA) is 146 Å². The van der Waals surface area contributed by atoms with Crippen molar-refractivity contribution in [2.45, 2.75) is 20.8 Å². The van der Waals surface area contributed by atoms with E-state index < -0.39 is 11.5 Å². The summed E-state index contributed by atoms with van der Waals surface area (Å²) in [7, 11) is 1.50. The van der Waals surface area contributed by atoms with Crippen LogP contribution in [0.2, 0.25) is 0 Å². The molecule has 9 heteroatoms. The van der Waals surface area contributed by atoms with Crippen LogP contribution in [0.25, 0.3) is 16.6 Å². The zero-order valence-electron chi connectivity index (χ0n) is 17.1. The number of nitrogen functional groups attached to an aromatic ring is 1. The lowest BCUT2D eigenvalue weighted by Crippen LogP contribution is -2.28. The number of benzene rings is 1. The Morgan fingerprint density at radius 3 is 2.57 bits per heavy atom. The van der Waals surface area contributed by atoms with Crippen LogP contribution in [0.1, 0.15) is 32.7 Å². The molecule has 9 nitrogen and oxygen atoms in total. The fraction of sp³-hybridized carbons (Fsp3) is 0.238. The van der Waals surface area contributed by atoms with Crippen molar-refractivity contribution in [3.8, 4) is 17.5 Å². The Balaban J connectivity index is 2.49. The van der Waals surface area contributed by atoms with Crippen LogP contribution in [0.4, 0.5) is 5.82 Å². The molecule has 0 fully saturated rings. The Kier molecular flexibility index (Phi) is 5.45. The van der Waals surface area contributed by atoms with Crippen LogP contribution in [0.5, 0.6) is 5.75 Å². The Bertz CT molecular complexity index is 1290. The summed E-state index contributed by atoms with van der Waals surface area (Å²) in [6.45, 7) is 5.27. The molecule has 1 amide bonds. The maximum atomic E-state index is 13.4. The summed E-state index contributed by atoms with van der Waals surface area (Å²) in [5, 5.41) is 9.42. The zero-order valence-corrected chi connectivity index (χ0v) is 17.1. The summed E-state index contributed by atoms with van der Waals surface area (Å²) < 4.78 is 11.8. The highest BCUT2D eigenvalue weighted by Crippen LogP contribution is 2.31. The lowest BCUT2D eigenvalue weighted by atomic mass is 10.0. The Morgan fingerprint density at radius 1 is 1.27 bits per heavy atom. The first-order valence-electron chi connectivity index (χ1n) is 9.00. The van der Waals surface area contributed by atoms with Crippen LogP contribution in [-0.4, -0.2) is 29.4 Å². The van der Waals surface area contributed by atoms with Crippen LogP contribution in [0.3, 0.4) is 0 Å². The number of pyridine rings is 2. The number of nitriles is 1. The Labute approximate surface area is 172 Å². The molecule has 0 atom stereocenters. The maximum Gasteiger partial charge on any atom is 0.266 e. The second kappa shape index (κ2) is 7.85. The van der Waals surface area contributed by atoms with Crippen molar-refractivity contribution in [3.63, 3.8) is 0 Å². The summed E-state index contributed by atoms with van der Waals surface area (Å²) in [5.41, 5.74) is 13.7. The molecule has 0 aliphatic heterocycles. The number of methoxy groups -OCH3 is 1. The average molecular weight is 407 g/mol. The first-order valence-corrected chi connectivity index (χ1v) is 9.00. The Hall–Kier alpha value is -3.90. The molecule has 2 heterocycles. The van der Waals surface area contributed by atoms with E-state index in [0.29, 0.717) is 22.6 Å². The van der Waals surface area contributed by atoms with Gasteiger partial charge in [0.05, 0.1) is 16.6 Å². The van der Waals surface area contributed by atoms with E-state index in [9.17, 15) is 14.9 Å². The van der Waals surface area contributed by atoms with Crippen LogP contribution < -0.4 is 21.8 Å². The summed E-state index contributed by atoms with van der Waals surface area (Å²) in [6.07, 6.45) is 0. The van der Waals surface area contributed by atoms with Crippen LogP contribution in [0.15, 0.2) is 23.0 Å². The van der Waals surface area contributed by atoms with Crippen LogP contribution >= 0.6 is 0 Å². The van der Waals surface area contributed by atoms with Gasteiger partial charge in [-0.3, -0.25) is 14.2 Å². The minimum absolute atomic E-state index is 0.00509. The fourth-order valence-electron chi connectivity index (χ4n) is 3.45. The zero-order chi connectivity index (χ0) is 22.2. The third-order valence-electron chi connectivity index (χ3n) is 4.87. The van der Waals surface area contributed by atoms with Crippen LogP contribution in [0, 0.1) is 32.1 Å². The third kappa shape index (κ3) is 3.23. The van der Waals surface area contributed by atoms with E-state index in [1.54, 1.807) is 26.0 Å². The number of primary amides is 1. The Morgan fingerprint density at radius 2 is 1.97 bits per heavy atom. The van der Waals surface area contributed by atoms with Gasteiger partial charge in [-0.2, -0.15) is 5.26 Å². The predicted octanol–water partition coefficient (Wildman–Crippen LogP) is 1.85. The number of carbonyl (C=O) groups excluding carboxylic acids is 1. The molecule has 0 radical (unpaired) electrons. The summed E-state index contributed by atoms with van der Waals surface area (Å²) in [6, 6.07) is 6.99. The lowest BCUT2D eigenvalue weighted by Gasteiger charge is -2.20. The number of anilines is 1. The minimum Gasteiger partial charge on any atom is -0.467 e. The van der Waals surface area contributed by atoms with Crippen molar-refractivity contribution in [2.75, 3.05) is 19.6 Å². The first-order chi connectivity index (χ1) is 14.2. The molecule has 0 bridgehead atoms. The van der Waals surface area contributed by atoms with Crippen molar-refractivity contribution in [3.05, 3.63) is 56.5 Å². The molecule has 154 valence electrons. The number of hydrogen-bond acceptors (Lipinski definition) is 7. The van der Waals surface area contributed by atoms with E-state index in [2.05, 4.69) is 4.98 Å². The van der Waals surface area contributed by atoms with E-state index in [4.69, 9.17) is 20.9 Å². The van der Waals surface area contributed by atoms with Gasteiger partial charge in [0.25, 0.3) is 11.5 Å². The number of nitrogens with two attached hydrogens (primary N) is 2. The van der Waals surface area contributed by atoms with Gasteiger partial charge in [0.1, 0.15) is 28.9 Å². The monoisotopic (exact) mass is 407 g/mol. The normalized spacial score (nSPS) is 10.8. The highest BCUT2D eigenvalue weighted by atomic mass is 16.7. The summed E-state index contributed by atoms with van der Waals surface area (Å²) >= 11 is 0. The molecule has 0 saturated carbocycles. The largest absolute Gasteiger partial charge is 0.467 e. The molecule has 2 aromatic heterocycles. The molecule has 0 saturated heterocycles. The lowest BCUT2D eigenvalue weighted by molar-refractivity contribution is 0.0506. The quantitative estimate of drug-likeness (QED) is 0.614. The maximum absolute atomic E-state index is 13.4. The molecule has 0 spiro atoms. The molecule has 4 N–H and O–H groups in total. The predicted molar refractivity (Wildman–Crippen MR) is 112 cm³/mol. The SMILES string of the molecule is COCOc1ccc(C)c(-n2c(N)c(C(N)=O)c3nc(C#N)c(C)cc3c2=O)c1C. The van der Waals surface area contributed by atoms with E-state index in [0.717, 1.165) is 5.56 Å². The fourth-order valence-corrected chi connectivity index (χ4v) is 3.45. The number of carbonyl (C=O) groups is 1. The molecular weight excluding hydrogens is 386 g/mol. The smallest absolute Gasteiger partial charge is 0.266 e. The highest BCUT2D eigenvalue weighted by Gasteiger charge is 2.24. The second-order valence-corrected chi connectivity index (χ2v) is 6.83. The number of aryl methyl sites for hydroxylation is 2. The molecule has 3 rings (SSSR count).